The van der Waals surface area contributed by atoms with E-state index in [9.17, 15) is 5.11 Å². The van der Waals surface area contributed by atoms with Gasteiger partial charge in [0.05, 0.1) is 0 Å². The molecule has 78 valence electrons. The molecule has 0 radical (unpaired) electrons. The van der Waals surface area contributed by atoms with Gasteiger partial charge in [-0.05, 0) is 0 Å². The second-order valence-corrected chi connectivity index (χ2v) is 21.4. The van der Waals surface area contributed by atoms with Gasteiger partial charge in [-0.3, -0.25) is 0 Å². The molecule has 0 aliphatic heterocycles. The molecule has 0 bridgehead atoms. The zero-order chi connectivity index (χ0) is 10.1. The van der Waals surface area contributed by atoms with Gasteiger partial charge in [-0.2, -0.15) is 0 Å². The number of rotatable bonds is 2. The normalized spacial score (nSPS) is 36.2. The molecule has 1 aliphatic rings. The Morgan fingerprint density at radius 2 is 2.08 bits per heavy atom. The Balaban J connectivity index is 2.62. The molecule has 2 nitrogen and oxygen atoms in total. The Hall–Kier alpha value is 0.719. The SMILES string of the molecule is [CH3][Sn]([CH3])([CH3])[C@@H]1CCC[C@](O)(CN)C1. The van der Waals surface area contributed by atoms with Gasteiger partial charge in [-0.25, -0.2) is 0 Å². The van der Waals surface area contributed by atoms with E-state index in [2.05, 4.69) is 14.8 Å². The van der Waals surface area contributed by atoms with Crippen LogP contribution in [-0.4, -0.2) is 35.6 Å². The zero-order valence-electron chi connectivity index (χ0n) is 9.14. The van der Waals surface area contributed by atoms with Crippen LogP contribution in [0.1, 0.15) is 25.7 Å². The van der Waals surface area contributed by atoms with Gasteiger partial charge in [-0.1, -0.05) is 0 Å². The average molecular weight is 292 g/mol. The summed E-state index contributed by atoms with van der Waals surface area (Å²) in [5.41, 5.74) is 5.10. The molecule has 1 rings (SSSR count). The van der Waals surface area contributed by atoms with Crippen molar-refractivity contribution in [3.8, 4) is 0 Å². The van der Waals surface area contributed by atoms with E-state index in [1.165, 1.54) is 12.8 Å². The Labute approximate surface area is 85.8 Å². The van der Waals surface area contributed by atoms with E-state index in [4.69, 9.17) is 5.73 Å². The van der Waals surface area contributed by atoms with Crippen LogP contribution in [0.15, 0.2) is 0 Å². The van der Waals surface area contributed by atoms with Gasteiger partial charge in [0, 0.05) is 0 Å². The minimum atomic E-state index is -1.79. The molecule has 2 atom stereocenters. The Kier molecular flexibility index (Phi) is 3.69. The van der Waals surface area contributed by atoms with E-state index in [1.807, 2.05) is 0 Å². The zero-order valence-corrected chi connectivity index (χ0v) is 12.0. The predicted octanol–water partition coefficient (Wildman–Crippen LogP) is 1.96. The van der Waals surface area contributed by atoms with Crippen molar-refractivity contribution in [3.63, 3.8) is 0 Å². The fourth-order valence-corrected chi connectivity index (χ4v) is 8.15. The van der Waals surface area contributed by atoms with Crippen LogP contribution >= 0.6 is 0 Å². The van der Waals surface area contributed by atoms with Gasteiger partial charge in [0.2, 0.25) is 0 Å². The molecule has 0 aromatic heterocycles. The van der Waals surface area contributed by atoms with Crippen LogP contribution in [0.25, 0.3) is 0 Å². The van der Waals surface area contributed by atoms with Crippen molar-refractivity contribution < 1.29 is 5.11 Å². The first-order valence-electron chi connectivity index (χ1n) is 5.30. The van der Waals surface area contributed by atoms with Crippen LogP contribution in [-0.2, 0) is 0 Å². The molecule has 0 aromatic carbocycles. The average Bonchev–Trinajstić information content (AvgIpc) is 2.03. The number of nitrogens with two attached hydrogens (primary N) is 1. The molecule has 3 heteroatoms. The first-order valence-corrected chi connectivity index (χ1v) is 15.5. The van der Waals surface area contributed by atoms with Crippen molar-refractivity contribution >= 4 is 18.4 Å². The number of hydrogen-bond donors (Lipinski definition) is 2. The van der Waals surface area contributed by atoms with Gasteiger partial charge in [0.15, 0.2) is 0 Å². The van der Waals surface area contributed by atoms with Gasteiger partial charge in [0.25, 0.3) is 0 Å². The van der Waals surface area contributed by atoms with Crippen LogP contribution in [0.3, 0.4) is 0 Å². The summed E-state index contributed by atoms with van der Waals surface area (Å²) in [6, 6.07) is 0. The summed E-state index contributed by atoms with van der Waals surface area (Å²) in [6.45, 7) is 0.450. The maximum atomic E-state index is 10.1. The van der Waals surface area contributed by atoms with Gasteiger partial charge < -0.3 is 0 Å². The standard InChI is InChI=1S/C7H14NO.3CH3.Sn/c8-6-7(9)4-2-1-3-5-7;;;;/h2,9H,1,3-6,8H2;3*1H3;/t7-;;;;/m0..../s1. The van der Waals surface area contributed by atoms with Crippen LogP contribution in [0.5, 0.6) is 0 Å². The molecule has 1 aliphatic carbocycles. The maximum absolute atomic E-state index is 10.1. The quantitative estimate of drug-likeness (QED) is 0.764. The summed E-state index contributed by atoms with van der Waals surface area (Å²) in [5.74, 6) is 0. The van der Waals surface area contributed by atoms with E-state index in [0.29, 0.717) is 6.54 Å². The van der Waals surface area contributed by atoms with Crippen molar-refractivity contribution in [2.24, 2.45) is 5.73 Å². The molecular formula is C10H23NOSn. The molecule has 3 N–H and O–H groups in total. The molecular weight excluding hydrogens is 269 g/mol. The molecule has 0 saturated heterocycles. The van der Waals surface area contributed by atoms with Crippen LogP contribution in [0, 0.1) is 0 Å². The Morgan fingerprint density at radius 3 is 2.54 bits per heavy atom. The third-order valence-corrected chi connectivity index (χ3v) is 11.8. The molecule has 0 amide bonds. The van der Waals surface area contributed by atoms with Crippen molar-refractivity contribution in [2.45, 2.75) is 50.0 Å². The van der Waals surface area contributed by atoms with E-state index < -0.39 is 24.0 Å². The van der Waals surface area contributed by atoms with E-state index in [1.54, 1.807) is 0 Å². The first kappa shape index (κ1) is 11.8. The number of hydrogen-bond acceptors (Lipinski definition) is 2. The second-order valence-electron chi connectivity index (χ2n) is 5.59. The van der Waals surface area contributed by atoms with E-state index in [0.717, 1.165) is 16.8 Å². The van der Waals surface area contributed by atoms with Crippen molar-refractivity contribution in [1.29, 1.82) is 0 Å². The third-order valence-electron chi connectivity index (χ3n) is 3.43. The Morgan fingerprint density at radius 1 is 1.46 bits per heavy atom. The van der Waals surface area contributed by atoms with E-state index >= 15 is 0 Å². The fourth-order valence-electron chi connectivity index (χ4n) is 2.26. The monoisotopic (exact) mass is 293 g/mol. The molecule has 1 saturated carbocycles. The summed E-state index contributed by atoms with van der Waals surface area (Å²) in [7, 11) is 0. The van der Waals surface area contributed by atoms with Crippen LogP contribution in [0.2, 0.25) is 18.8 Å². The van der Waals surface area contributed by atoms with Crippen molar-refractivity contribution in [1.82, 2.24) is 0 Å². The predicted molar refractivity (Wildman–Crippen MR) is 59.6 cm³/mol. The van der Waals surface area contributed by atoms with Gasteiger partial charge in [0.1, 0.15) is 0 Å². The fraction of sp³-hybridized carbons (Fsp3) is 1.00. The molecule has 0 aromatic rings. The second kappa shape index (κ2) is 4.07. The summed E-state index contributed by atoms with van der Waals surface area (Å²) >= 11 is -1.79. The molecule has 0 spiro atoms. The van der Waals surface area contributed by atoms with Crippen molar-refractivity contribution in [3.05, 3.63) is 0 Å². The summed E-state index contributed by atoms with van der Waals surface area (Å²) in [4.78, 5) is 7.38. The van der Waals surface area contributed by atoms with Crippen LogP contribution in [0.4, 0.5) is 0 Å². The number of aliphatic hydroxyl groups is 1. The van der Waals surface area contributed by atoms with E-state index in [-0.39, 0.29) is 0 Å². The van der Waals surface area contributed by atoms with Crippen molar-refractivity contribution in [2.75, 3.05) is 6.54 Å². The summed E-state index contributed by atoms with van der Waals surface area (Å²) in [5, 5.41) is 10.1. The minimum absolute atomic E-state index is 0.450. The van der Waals surface area contributed by atoms with Gasteiger partial charge in [-0.15, -0.1) is 0 Å². The molecule has 0 heterocycles. The summed E-state index contributed by atoms with van der Waals surface area (Å²) < 4.78 is 0.830. The molecule has 0 unspecified atom stereocenters. The first-order chi connectivity index (χ1) is 5.87. The molecule has 13 heavy (non-hydrogen) atoms. The summed E-state index contributed by atoms with van der Waals surface area (Å²) in [6.07, 6.45) is 4.40. The van der Waals surface area contributed by atoms with Gasteiger partial charge >= 0.3 is 85.8 Å². The third kappa shape index (κ3) is 3.10. The molecule has 1 fully saturated rings. The topological polar surface area (TPSA) is 46.2 Å². The Bertz CT molecular complexity index is 178. The van der Waals surface area contributed by atoms with Crippen LogP contribution < -0.4 is 5.73 Å².